The number of unbranched alkanes of at least 4 members (excludes halogenated alkanes) is 1. The summed E-state index contributed by atoms with van der Waals surface area (Å²) in [5.41, 5.74) is 1.46. The smallest absolute Gasteiger partial charge is 0.338 e. The molecule has 8 nitrogen and oxygen atoms in total. The average molecular weight is 429 g/mol. The van der Waals surface area contributed by atoms with Gasteiger partial charge in [0.15, 0.2) is 0 Å². The van der Waals surface area contributed by atoms with Gasteiger partial charge in [0.1, 0.15) is 5.84 Å². The minimum atomic E-state index is -3.59. The molecule has 1 aliphatic heterocycles. The summed E-state index contributed by atoms with van der Waals surface area (Å²) in [7, 11) is -3.59. The third kappa shape index (κ3) is 5.24. The number of aliphatic imine (C=N–C) groups is 1. The second-order valence-corrected chi connectivity index (χ2v) is 8.35. The van der Waals surface area contributed by atoms with Crippen LogP contribution < -0.4 is 10.0 Å². The molecule has 2 N–H and O–H groups in total. The molecule has 0 saturated heterocycles. The van der Waals surface area contributed by atoms with Gasteiger partial charge in [-0.2, -0.15) is 0 Å². The Kier molecular flexibility index (Phi) is 6.83. The van der Waals surface area contributed by atoms with E-state index < -0.39 is 16.0 Å². The highest BCUT2D eigenvalue weighted by molar-refractivity contribution is 7.90. The van der Waals surface area contributed by atoms with Crippen molar-refractivity contribution in [2.45, 2.75) is 31.1 Å². The van der Waals surface area contributed by atoms with Crippen LogP contribution in [0, 0.1) is 0 Å². The number of nitrogens with one attached hydrogen (secondary N) is 2. The van der Waals surface area contributed by atoms with Crippen LogP contribution in [-0.4, -0.2) is 39.3 Å². The van der Waals surface area contributed by atoms with E-state index in [1.807, 2.05) is 6.92 Å². The second kappa shape index (κ2) is 9.53. The summed E-state index contributed by atoms with van der Waals surface area (Å²) in [6.07, 6.45) is 1.84. The Labute approximate surface area is 175 Å². The molecule has 30 heavy (non-hydrogen) atoms. The van der Waals surface area contributed by atoms with Crippen LogP contribution in [0.2, 0.25) is 0 Å². The highest BCUT2D eigenvalue weighted by atomic mass is 32.2. The quantitative estimate of drug-likeness (QED) is 0.495. The van der Waals surface area contributed by atoms with Crippen molar-refractivity contribution in [3.8, 4) is 0 Å². The fraction of sp³-hybridized carbons (Fsp3) is 0.286. The number of benzene rings is 2. The summed E-state index contributed by atoms with van der Waals surface area (Å²) in [6, 6.07) is 13.0. The summed E-state index contributed by atoms with van der Waals surface area (Å²) in [5.74, 6) is -0.424. The van der Waals surface area contributed by atoms with Crippen molar-refractivity contribution < 1.29 is 22.7 Å². The molecule has 0 saturated carbocycles. The van der Waals surface area contributed by atoms with Gasteiger partial charge in [-0.05, 0) is 42.8 Å². The van der Waals surface area contributed by atoms with Crippen molar-refractivity contribution >= 4 is 33.4 Å². The number of ether oxygens (including phenoxy) is 1. The van der Waals surface area contributed by atoms with E-state index in [-0.39, 0.29) is 29.6 Å². The largest absolute Gasteiger partial charge is 0.462 e. The standard InChI is InChI=1S/C21H23N3O5S/c1-2-3-14-29-21(26)15-8-10-16(11-9-15)23-19(25)12-13-22-20-17-6-4-5-7-18(17)30(27,28)24-20/h4-11H,2-3,12-14H2,1H3,(H,22,24)(H,23,25). The van der Waals surface area contributed by atoms with Crippen LogP contribution in [0.5, 0.6) is 0 Å². The van der Waals surface area contributed by atoms with E-state index in [9.17, 15) is 18.0 Å². The van der Waals surface area contributed by atoms with Crippen molar-refractivity contribution in [3.63, 3.8) is 0 Å². The maximum Gasteiger partial charge on any atom is 0.338 e. The first-order valence-corrected chi connectivity index (χ1v) is 11.1. The molecule has 1 aliphatic rings. The van der Waals surface area contributed by atoms with Crippen LogP contribution in [0.3, 0.4) is 0 Å². The van der Waals surface area contributed by atoms with Crippen LogP contribution in [-0.2, 0) is 19.6 Å². The normalized spacial score (nSPS) is 15.3. The number of esters is 1. The van der Waals surface area contributed by atoms with E-state index in [0.717, 1.165) is 12.8 Å². The lowest BCUT2D eigenvalue weighted by Crippen LogP contribution is -2.23. The van der Waals surface area contributed by atoms with Crippen LogP contribution in [0.4, 0.5) is 5.69 Å². The number of rotatable bonds is 8. The first-order chi connectivity index (χ1) is 14.4. The lowest BCUT2D eigenvalue weighted by atomic mass is 10.2. The molecule has 0 fully saturated rings. The van der Waals surface area contributed by atoms with Gasteiger partial charge in [0.05, 0.1) is 23.6 Å². The lowest BCUT2D eigenvalue weighted by Gasteiger charge is -2.07. The van der Waals surface area contributed by atoms with Gasteiger partial charge >= 0.3 is 5.97 Å². The van der Waals surface area contributed by atoms with Crippen molar-refractivity contribution in [3.05, 3.63) is 59.7 Å². The molecule has 2 aromatic carbocycles. The third-order valence-electron chi connectivity index (χ3n) is 4.41. The number of carbonyl (C=O) groups excluding carboxylic acids is 2. The monoisotopic (exact) mass is 429 g/mol. The van der Waals surface area contributed by atoms with Crippen molar-refractivity contribution in [2.24, 2.45) is 4.99 Å². The van der Waals surface area contributed by atoms with Gasteiger partial charge in [0.25, 0.3) is 10.0 Å². The Morgan fingerprint density at radius 3 is 2.57 bits per heavy atom. The van der Waals surface area contributed by atoms with Gasteiger partial charge < -0.3 is 10.1 Å². The number of hydrogen-bond donors (Lipinski definition) is 2. The van der Waals surface area contributed by atoms with Crippen LogP contribution in [0.25, 0.3) is 0 Å². The van der Waals surface area contributed by atoms with Crippen LogP contribution in [0.1, 0.15) is 42.1 Å². The summed E-state index contributed by atoms with van der Waals surface area (Å²) in [5, 5.41) is 2.72. The number of sulfonamides is 1. The van der Waals surface area contributed by atoms with Gasteiger partial charge in [0, 0.05) is 17.7 Å². The Bertz CT molecular complexity index is 1060. The molecular weight excluding hydrogens is 406 g/mol. The lowest BCUT2D eigenvalue weighted by molar-refractivity contribution is -0.116. The molecule has 0 aromatic heterocycles. The van der Waals surface area contributed by atoms with Gasteiger partial charge in [0.2, 0.25) is 5.91 Å². The van der Waals surface area contributed by atoms with E-state index in [1.54, 1.807) is 42.5 Å². The van der Waals surface area contributed by atoms with E-state index >= 15 is 0 Å². The Hall–Kier alpha value is -3.20. The predicted octanol–water partition coefficient (Wildman–Crippen LogP) is 2.71. The van der Waals surface area contributed by atoms with Gasteiger partial charge in [-0.1, -0.05) is 25.5 Å². The van der Waals surface area contributed by atoms with E-state index in [4.69, 9.17) is 4.74 Å². The van der Waals surface area contributed by atoms with E-state index in [0.29, 0.717) is 23.4 Å². The topological polar surface area (TPSA) is 114 Å². The van der Waals surface area contributed by atoms with E-state index in [1.165, 1.54) is 6.07 Å². The Balaban J connectivity index is 1.52. The molecule has 2 aromatic rings. The number of carbonyl (C=O) groups is 2. The van der Waals surface area contributed by atoms with Gasteiger partial charge in [-0.25, -0.2) is 13.2 Å². The fourth-order valence-electron chi connectivity index (χ4n) is 2.83. The molecule has 1 heterocycles. The minimum Gasteiger partial charge on any atom is -0.462 e. The van der Waals surface area contributed by atoms with Gasteiger partial charge in [-0.15, -0.1) is 0 Å². The maximum absolute atomic E-state index is 12.1. The molecule has 9 heteroatoms. The molecule has 0 unspecified atom stereocenters. The number of nitrogens with zero attached hydrogens (tertiary/aromatic N) is 1. The van der Waals surface area contributed by atoms with Gasteiger partial charge in [-0.3, -0.25) is 14.5 Å². The summed E-state index contributed by atoms with van der Waals surface area (Å²) < 4.78 is 31.6. The molecule has 3 rings (SSSR count). The number of hydrogen-bond acceptors (Lipinski definition) is 6. The van der Waals surface area contributed by atoms with Crippen molar-refractivity contribution in [1.82, 2.24) is 4.72 Å². The fourth-order valence-corrected chi connectivity index (χ4v) is 4.08. The zero-order chi connectivity index (χ0) is 21.6. The SMILES string of the molecule is CCCCOC(=O)c1ccc(NC(=O)CCN=C2NS(=O)(=O)c3ccccc32)cc1. The molecule has 0 radical (unpaired) electrons. The van der Waals surface area contributed by atoms with Crippen molar-refractivity contribution in [2.75, 3.05) is 18.5 Å². The second-order valence-electron chi connectivity index (χ2n) is 6.70. The number of amides is 1. The van der Waals surface area contributed by atoms with Crippen LogP contribution in [0.15, 0.2) is 58.4 Å². The molecule has 0 bridgehead atoms. The molecular formula is C21H23N3O5S. The minimum absolute atomic E-state index is 0.0776. The predicted molar refractivity (Wildman–Crippen MR) is 113 cm³/mol. The summed E-state index contributed by atoms with van der Waals surface area (Å²) in [4.78, 5) is 28.4. The first-order valence-electron chi connectivity index (χ1n) is 9.64. The summed E-state index contributed by atoms with van der Waals surface area (Å²) >= 11 is 0. The Morgan fingerprint density at radius 2 is 1.83 bits per heavy atom. The maximum atomic E-state index is 12.1. The number of fused-ring (bicyclic) bond motifs is 1. The molecule has 0 aliphatic carbocycles. The van der Waals surface area contributed by atoms with Crippen molar-refractivity contribution in [1.29, 1.82) is 0 Å². The molecule has 0 spiro atoms. The highest BCUT2D eigenvalue weighted by Gasteiger charge is 2.29. The molecule has 0 atom stereocenters. The Morgan fingerprint density at radius 1 is 1.10 bits per heavy atom. The number of amidine groups is 1. The molecule has 1 amide bonds. The first kappa shape index (κ1) is 21.5. The average Bonchev–Trinajstić information content (AvgIpc) is 2.99. The van der Waals surface area contributed by atoms with E-state index in [2.05, 4.69) is 15.0 Å². The van der Waals surface area contributed by atoms with Crippen LogP contribution >= 0.6 is 0 Å². The zero-order valence-corrected chi connectivity index (χ0v) is 17.4. The summed E-state index contributed by atoms with van der Waals surface area (Å²) in [6.45, 7) is 2.53. The zero-order valence-electron chi connectivity index (χ0n) is 16.6. The third-order valence-corrected chi connectivity index (χ3v) is 5.80. The number of anilines is 1. The molecule has 158 valence electrons. The highest BCUT2D eigenvalue weighted by Crippen LogP contribution is 2.22.